The second kappa shape index (κ2) is 16.0. The summed E-state index contributed by atoms with van der Waals surface area (Å²) >= 11 is 0. The van der Waals surface area contributed by atoms with Crippen LogP contribution in [-0.2, 0) is 30.3 Å². The van der Waals surface area contributed by atoms with E-state index in [9.17, 15) is 19.2 Å². The van der Waals surface area contributed by atoms with Crippen LogP contribution < -0.4 is 29.7 Å². The molecule has 0 aliphatic heterocycles. The number of methoxy groups -OCH3 is 4. The molecule has 0 heterocycles. The number of hydrogen-bond acceptors (Lipinski definition) is 10. The molecule has 1 aliphatic carbocycles. The predicted octanol–water partition coefficient (Wildman–Crippen LogP) is 6.49. The van der Waals surface area contributed by atoms with Gasteiger partial charge in [0, 0.05) is 12.0 Å². The molecule has 11 nitrogen and oxygen atoms in total. The molecule has 49 heavy (non-hydrogen) atoms. The van der Waals surface area contributed by atoms with Crippen LogP contribution >= 0.6 is 0 Å². The van der Waals surface area contributed by atoms with Crippen LogP contribution in [0.2, 0.25) is 0 Å². The van der Waals surface area contributed by atoms with Crippen molar-refractivity contribution in [2.24, 2.45) is 5.41 Å². The SMILES string of the molecule is COc1cc2c(c(OC)c1OC)-c1ccc(OC)c(=O)cc1C(NC(=O)CCCCCC(C)(C(=O)OC(C)(C)C)C(=O)OC(C)(C)C)CC2. The zero-order valence-corrected chi connectivity index (χ0v) is 30.9. The Bertz CT molecular complexity index is 1560. The van der Waals surface area contributed by atoms with E-state index >= 15 is 0 Å². The fourth-order valence-corrected chi connectivity index (χ4v) is 5.89. The van der Waals surface area contributed by atoms with Crippen molar-refractivity contribution in [1.82, 2.24) is 5.32 Å². The molecular formula is C38H53NO10. The summed E-state index contributed by atoms with van der Waals surface area (Å²) in [6, 6.07) is 6.35. The summed E-state index contributed by atoms with van der Waals surface area (Å²) in [6.07, 6.45) is 3.13. The minimum atomic E-state index is -1.49. The highest BCUT2D eigenvalue weighted by molar-refractivity contribution is 5.99. The Kier molecular flexibility index (Phi) is 12.8. The summed E-state index contributed by atoms with van der Waals surface area (Å²) in [6.45, 7) is 12.1. The van der Waals surface area contributed by atoms with Crippen molar-refractivity contribution in [3.8, 4) is 34.1 Å². The second-order valence-corrected chi connectivity index (χ2v) is 14.5. The number of unbranched alkanes of at least 4 members (excludes halogenated alkanes) is 2. The van der Waals surface area contributed by atoms with Crippen molar-refractivity contribution in [2.45, 2.75) is 111 Å². The first-order valence-corrected chi connectivity index (χ1v) is 16.7. The number of hydrogen-bond donors (Lipinski definition) is 1. The maximum Gasteiger partial charge on any atom is 0.323 e. The first-order chi connectivity index (χ1) is 22.9. The number of nitrogens with one attached hydrogen (secondary N) is 1. The van der Waals surface area contributed by atoms with E-state index in [0.717, 1.165) is 11.1 Å². The van der Waals surface area contributed by atoms with E-state index in [4.69, 9.17) is 28.4 Å². The van der Waals surface area contributed by atoms with Gasteiger partial charge in [-0.3, -0.25) is 19.2 Å². The number of esters is 2. The fraction of sp³-hybridized carbons (Fsp3) is 0.579. The van der Waals surface area contributed by atoms with E-state index in [1.54, 1.807) is 74.8 Å². The average molecular weight is 684 g/mol. The smallest absolute Gasteiger partial charge is 0.323 e. The average Bonchev–Trinajstić information content (AvgIpc) is 3.25. The third-order valence-corrected chi connectivity index (χ3v) is 8.34. The van der Waals surface area contributed by atoms with Crippen LogP contribution in [0.25, 0.3) is 11.1 Å². The highest BCUT2D eigenvalue weighted by Gasteiger charge is 2.46. The Morgan fingerprint density at radius 1 is 0.755 bits per heavy atom. The minimum Gasteiger partial charge on any atom is -0.493 e. The van der Waals surface area contributed by atoms with Crippen molar-refractivity contribution in [3.05, 3.63) is 45.6 Å². The Hall–Kier alpha value is -4.28. The minimum absolute atomic E-state index is 0.170. The van der Waals surface area contributed by atoms with E-state index in [1.807, 2.05) is 6.07 Å². The monoisotopic (exact) mass is 683 g/mol. The molecule has 0 aromatic heterocycles. The summed E-state index contributed by atoms with van der Waals surface area (Å²) < 4.78 is 33.6. The molecule has 0 fully saturated rings. The molecule has 0 saturated heterocycles. The molecule has 1 unspecified atom stereocenters. The number of rotatable bonds is 13. The third-order valence-electron chi connectivity index (χ3n) is 8.34. The third kappa shape index (κ3) is 9.67. The number of amides is 1. The van der Waals surface area contributed by atoms with E-state index < -0.39 is 34.6 Å². The number of benzene rings is 1. The van der Waals surface area contributed by atoms with Crippen molar-refractivity contribution in [1.29, 1.82) is 0 Å². The predicted molar refractivity (Wildman–Crippen MR) is 186 cm³/mol. The lowest BCUT2D eigenvalue weighted by atomic mass is 9.84. The first kappa shape index (κ1) is 39.2. The van der Waals surface area contributed by atoms with Gasteiger partial charge in [0.25, 0.3) is 0 Å². The van der Waals surface area contributed by atoms with Crippen LogP contribution in [0.1, 0.15) is 104 Å². The topological polar surface area (TPSA) is 136 Å². The molecule has 0 radical (unpaired) electrons. The van der Waals surface area contributed by atoms with E-state index in [1.165, 1.54) is 20.3 Å². The second-order valence-electron chi connectivity index (χ2n) is 14.5. The molecule has 3 rings (SSSR count). The van der Waals surface area contributed by atoms with E-state index in [2.05, 4.69) is 5.32 Å². The van der Waals surface area contributed by atoms with Crippen molar-refractivity contribution < 1.29 is 42.8 Å². The van der Waals surface area contributed by atoms with Crippen molar-refractivity contribution in [3.63, 3.8) is 0 Å². The zero-order valence-electron chi connectivity index (χ0n) is 30.9. The van der Waals surface area contributed by atoms with Gasteiger partial charge in [-0.25, -0.2) is 0 Å². The van der Waals surface area contributed by atoms with E-state index in [-0.39, 0.29) is 29.9 Å². The van der Waals surface area contributed by atoms with Gasteiger partial charge in [0.05, 0.1) is 34.5 Å². The molecule has 0 bridgehead atoms. The molecular weight excluding hydrogens is 630 g/mol. The molecule has 1 atom stereocenters. The molecule has 2 aromatic carbocycles. The standard InChI is InChI=1S/C38H53NO10/c1-36(2,3)48-34(42)38(7,35(43)49-37(4,5)6)20-14-12-13-15-30(41)39-26-18-16-23-21-29(45-9)32(46-10)33(47-11)31(23)24-17-19-28(44-8)27(40)22-25(24)26/h17,19,21-22,26H,12-16,18,20H2,1-11H3,(H,39,41). The zero-order chi connectivity index (χ0) is 36.7. The Labute approximate surface area is 289 Å². The van der Waals surface area contributed by atoms with Crippen LogP contribution in [0, 0.1) is 5.41 Å². The lowest BCUT2D eigenvalue weighted by Gasteiger charge is -2.32. The maximum absolute atomic E-state index is 13.4. The quantitative estimate of drug-likeness (QED) is 0.142. The Balaban J connectivity index is 1.81. The van der Waals surface area contributed by atoms with Gasteiger partial charge in [0.15, 0.2) is 22.7 Å². The van der Waals surface area contributed by atoms with Gasteiger partial charge < -0.3 is 33.7 Å². The van der Waals surface area contributed by atoms with Gasteiger partial charge >= 0.3 is 11.9 Å². The van der Waals surface area contributed by atoms with Crippen LogP contribution in [0.5, 0.6) is 23.0 Å². The fourth-order valence-electron chi connectivity index (χ4n) is 5.89. The molecule has 0 spiro atoms. The van der Waals surface area contributed by atoms with Crippen LogP contribution in [0.15, 0.2) is 29.1 Å². The van der Waals surface area contributed by atoms with Crippen LogP contribution in [-0.4, -0.2) is 57.5 Å². The molecule has 0 saturated carbocycles. The molecule has 2 aromatic rings. The number of fused-ring (bicyclic) bond motifs is 3. The summed E-state index contributed by atoms with van der Waals surface area (Å²) in [5.74, 6) is 0.128. The molecule has 270 valence electrons. The Morgan fingerprint density at radius 2 is 1.35 bits per heavy atom. The highest BCUT2D eigenvalue weighted by atomic mass is 16.6. The van der Waals surface area contributed by atoms with Crippen LogP contribution in [0.4, 0.5) is 0 Å². The molecule has 1 amide bonds. The lowest BCUT2D eigenvalue weighted by Crippen LogP contribution is -2.44. The van der Waals surface area contributed by atoms with Gasteiger partial charge in [-0.1, -0.05) is 18.9 Å². The molecule has 1 aliphatic rings. The summed E-state index contributed by atoms with van der Waals surface area (Å²) in [4.78, 5) is 52.9. The number of aryl methyl sites for hydroxylation is 1. The van der Waals surface area contributed by atoms with Gasteiger partial charge in [0.2, 0.25) is 17.1 Å². The summed E-state index contributed by atoms with van der Waals surface area (Å²) in [5.41, 5.74) is -0.324. The maximum atomic E-state index is 13.4. The van der Waals surface area contributed by atoms with Gasteiger partial charge in [-0.2, -0.15) is 0 Å². The van der Waals surface area contributed by atoms with E-state index in [0.29, 0.717) is 60.5 Å². The number of carbonyl (C=O) groups is 3. The lowest BCUT2D eigenvalue weighted by molar-refractivity contribution is -0.184. The molecule has 11 heteroatoms. The van der Waals surface area contributed by atoms with Crippen molar-refractivity contribution >= 4 is 17.8 Å². The number of ether oxygens (including phenoxy) is 6. The highest BCUT2D eigenvalue weighted by Crippen LogP contribution is 2.50. The number of carbonyl (C=O) groups excluding carboxylic acids is 3. The molecule has 1 N–H and O–H groups in total. The van der Waals surface area contributed by atoms with Gasteiger partial charge in [-0.05, 0) is 109 Å². The van der Waals surface area contributed by atoms with Gasteiger partial charge in [-0.15, -0.1) is 0 Å². The first-order valence-electron chi connectivity index (χ1n) is 16.7. The summed E-state index contributed by atoms with van der Waals surface area (Å²) in [5, 5.41) is 3.15. The van der Waals surface area contributed by atoms with Crippen molar-refractivity contribution in [2.75, 3.05) is 28.4 Å². The van der Waals surface area contributed by atoms with Crippen LogP contribution in [0.3, 0.4) is 0 Å². The normalized spacial score (nSPS) is 14.4. The summed E-state index contributed by atoms with van der Waals surface area (Å²) in [7, 11) is 6.08. The largest absolute Gasteiger partial charge is 0.493 e. The Morgan fingerprint density at radius 3 is 1.88 bits per heavy atom. The van der Waals surface area contributed by atoms with Gasteiger partial charge in [0.1, 0.15) is 11.2 Å².